The second kappa shape index (κ2) is 5.89. The first kappa shape index (κ1) is 15.9. The highest BCUT2D eigenvalue weighted by atomic mass is 17.0. The van der Waals surface area contributed by atoms with Crippen LogP contribution in [0.4, 0.5) is 5.82 Å². The van der Waals surface area contributed by atoms with Gasteiger partial charge in [0, 0.05) is 6.20 Å². The van der Waals surface area contributed by atoms with Crippen LogP contribution in [0.5, 0.6) is 0 Å². The minimum absolute atomic E-state index is 0.0802. The lowest BCUT2D eigenvalue weighted by Crippen LogP contribution is -2.34. The van der Waals surface area contributed by atoms with Crippen LogP contribution < -0.4 is 5.73 Å². The Hall–Kier alpha value is -3.01. The number of rotatable bonds is 4. The second-order valence-electron chi connectivity index (χ2n) is 5.09. The fourth-order valence-electron chi connectivity index (χ4n) is 2.62. The average Bonchev–Trinajstić information content (AvgIpc) is 3.05. The van der Waals surface area contributed by atoms with Crippen LogP contribution in [0.1, 0.15) is 11.8 Å². The summed E-state index contributed by atoms with van der Waals surface area (Å²) < 4.78 is 6.78. The number of hydrogen-bond acceptors (Lipinski definition) is 10. The van der Waals surface area contributed by atoms with E-state index in [2.05, 4.69) is 14.8 Å². The maximum atomic E-state index is 10.3. The van der Waals surface area contributed by atoms with Gasteiger partial charge in [0.2, 0.25) is 0 Å². The highest BCUT2D eigenvalue weighted by Crippen LogP contribution is 2.34. The minimum atomic E-state index is -1.42. The van der Waals surface area contributed by atoms with Crippen LogP contribution in [0.25, 0.3) is 11.0 Å². The fourth-order valence-corrected chi connectivity index (χ4v) is 2.62. The molecule has 24 heavy (non-hydrogen) atoms. The number of nitrogens with zero attached hydrogens (tertiary/aromatic N) is 5. The third-order valence-corrected chi connectivity index (χ3v) is 3.71. The molecule has 12 nitrogen and oxygen atoms in total. The molecule has 0 aliphatic carbocycles. The lowest BCUT2D eigenvalue weighted by Gasteiger charge is -2.17. The van der Waals surface area contributed by atoms with E-state index in [0.29, 0.717) is 0 Å². The normalized spacial score (nSPS) is 26.4. The summed E-state index contributed by atoms with van der Waals surface area (Å²) in [6.45, 7) is -0.552. The number of nitrogens with two attached hydrogens (primary N) is 1. The molecular weight excluding hydrogens is 324 g/mol. The Balaban J connectivity index is 1.98. The summed E-state index contributed by atoms with van der Waals surface area (Å²) in [5.74, 6) is 0.0802. The smallest absolute Gasteiger partial charge is 0.294 e. The Morgan fingerprint density at radius 1 is 1.50 bits per heavy atom. The quantitative estimate of drug-likeness (QED) is 0.448. The number of hydrogen-bond donors (Lipinski definition) is 3. The number of aromatic nitrogens is 3. The third kappa shape index (κ3) is 2.46. The molecule has 0 amide bonds. The van der Waals surface area contributed by atoms with Crippen molar-refractivity contribution in [1.29, 1.82) is 5.26 Å². The summed E-state index contributed by atoms with van der Waals surface area (Å²) >= 11 is 0. The number of aliphatic hydroxyl groups excluding tert-OH is 2. The van der Waals surface area contributed by atoms with Crippen molar-refractivity contribution < 1.29 is 24.9 Å². The van der Waals surface area contributed by atoms with Crippen LogP contribution in [0.2, 0.25) is 0 Å². The second-order valence-corrected chi connectivity index (χ2v) is 5.09. The number of anilines is 1. The van der Waals surface area contributed by atoms with Crippen molar-refractivity contribution in [2.24, 2.45) is 0 Å². The van der Waals surface area contributed by atoms with Crippen molar-refractivity contribution in [3.05, 3.63) is 28.2 Å². The van der Waals surface area contributed by atoms with Crippen molar-refractivity contribution in [3.8, 4) is 6.07 Å². The first-order valence-corrected chi connectivity index (χ1v) is 6.74. The summed E-state index contributed by atoms with van der Waals surface area (Å²) in [6.07, 6.45) is -2.55. The van der Waals surface area contributed by atoms with Gasteiger partial charge in [0.25, 0.3) is 5.09 Å². The molecule has 12 heteroatoms. The molecule has 4 atom stereocenters. The number of nitriles is 1. The van der Waals surface area contributed by atoms with Gasteiger partial charge >= 0.3 is 0 Å². The summed E-state index contributed by atoms with van der Waals surface area (Å²) in [4.78, 5) is 22.3. The van der Waals surface area contributed by atoms with E-state index < -0.39 is 36.2 Å². The molecule has 0 spiro atoms. The molecule has 2 aromatic heterocycles. The van der Waals surface area contributed by atoms with Gasteiger partial charge in [0.1, 0.15) is 48.8 Å². The number of ether oxygens (including phenoxy) is 1. The Morgan fingerprint density at radius 3 is 2.92 bits per heavy atom. The van der Waals surface area contributed by atoms with Gasteiger partial charge in [-0.05, 0) is 0 Å². The van der Waals surface area contributed by atoms with E-state index in [1.54, 1.807) is 0 Å². The topological polar surface area (TPSA) is 183 Å². The predicted molar refractivity (Wildman–Crippen MR) is 75.5 cm³/mol. The van der Waals surface area contributed by atoms with Gasteiger partial charge in [-0.1, -0.05) is 0 Å². The molecule has 0 bridgehead atoms. The van der Waals surface area contributed by atoms with E-state index in [1.165, 1.54) is 17.1 Å². The molecule has 3 rings (SSSR count). The molecule has 4 N–H and O–H groups in total. The van der Waals surface area contributed by atoms with Gasteiger partial charge < -0.3 is 30.1 Å². The summed E-state index contributed by atoms with van der Waals surface area (Å²) in [7, 11) is 0. The van der Waals surface area contributed by atoms with E-state index in [-0.39, 0.29) is 22.4 Å². The zero-order valence-corrected chi connectivity index (χ0v) is 12.0. The average molecular weight is 336 g/mol. The summed E-state index contributed by atoms with van der Waals surface area (Å²) in [5, 5.41) is 38.9. The van der Waals surface area contributed by atoms with Crippen molar-refractivity contribution in [3.63, 3.8) is 0 Å². The van der Waals surface area contributed by atoms with E-state index in [0.717, 1.165) is 0 Å². The van der Waals surface area contributed by atoms with Gasteiger partial charge in [-0.3, -0.25) is 0 Å². The predicted octanol–water partition coefficient (Wildman–Crippen LogP) is -1.29. The third-order valence-electron chi connectivity index (χ3n) is 3.71. The van der Waals surface area contributed by atoms with Crippen molar-refractivity contribution in [2.75, 3.05) is 12.3 Å². The molecule has 0 radical (unpaired) electrons. The molecule has 1 aliphatic rings. The Kier molecular flexibility index (Phi) is 3.89. The molecule has 126 valence electrons. The molecule has 2 aromatic rings. The Labute approximate surface area is 133 Å². The standard InChI is InChI=1S/C12H12N6O6/c13-1-5-2-17(11-7(5)10(14)15-4-16-11)12-9(20)8(19)6(24-12)3-23-18(21)22/h2,4,6,8-9,12,19-20H,3H2,(H2,14,15,16)/t6-,8-,9-,12-/m1/s1. The number of aliphatic hydroxyl groups is 2. The highest BCUT2D eigenvalue weighted by molar-refractivity contribution is 5.91. The first-order chi connectivity index (χ1) is 11.4. The van der Waals surface area contributed by atoms with E-state index >= 15 is 0 Å². The van der Waals surface area contributed by atoms with Gasteiger partial charge in [-0.25, -0.2) is 9.97 Å². The lowest BCUT2D eigenvalue weighted by molar-refractivity contribution is -0.759. The molecule has 3 heterocycles. The number of nitrogen functional groups attached to an aromatic ring is 1. The SMILES string of the molecule is N#Cc1cn([C@@H]2O[C@H](CO[N+](=O)[O-])[C@@H](O)[C@H]2O)c2ncnc(N)c12. The fraction of sp³-hybridized carbons (Fsp3) is 0.417. The molecule has 1 fully saturated rings. The first-order valence-electron chi connectivity index (χ1n) is 6.74. The van der Waals surface area contributed by atoms with E-state index in [1.807, 2.05) is 6.07 Å². The maximum Gasteiger partial charge on any atom is 0.294 e. The Bertz CT molecular complexity index is 831. The van der Waals surface area contributed by atoms with Gasteiger partial charge in [-0.15, -0.1) is 10.1 Å². The largest absolute Gasteiger partial charge is 0.387 e. The monoisotopic (exact) mass is 336 g/mol. The van der Waals surface area contributed by atoms with E-state index in [4.69, 9.17) is 10.5 Å². The minimum Gasteiger partial charge on any atom is -0.387 e. The van der Waals surface area contributed by atoms with Crippen LogP contribution in [0.3, 0.4) is 0 Å². The maximum absolute atomic E-state index is 10.3. The summed E-state index contributed by atoms with van der Waals surface area (Å²) in [5.41, 5.74) is 6.14. The molecule has 0 unspecified atom stereocenters. The highest BCUT2D eigenvalue weighted by Gasteiger charge is 2.44. The van der Waals surface area contributed by atoms with Crippen LogP contribution in [-0.2, 0) is 9.57 Å². The lowest BCUT2D eigenvalue weighted by atomic mass is 10.1. The molecule has 1 saturated heterocycles. The van der Waals surface area contributed by atoms with Crippen molar-refractivity contribution in [2.45, 2.75) is 24.5 Å². The Morgan fingerprint density at radius 2 is 2.25 bits per heavy atom. The molecule has 0 aromatic carbocycles. The van der Waals surface area contributed by atoms with Crippen LogP contribution in [0.15, 0.2) is 12.5 Å². The summed E-state index contributed by atoms with van der Waals surface area (Å²) in [6, 6.07) is 1.94. The zero-order chi connectivity index (χ0) is 17.4. The van der Waals surface area contributed by atoms with Gasteiger partial charge in [0.15, 0.2) is 6.23 Å². The molecule has 1 aliphatic heterocycles. The van der Waals surface area contributed by atoms with Crippen molar-refractivity contribution >= 4 is 16.9 Å². The van der Waals surface area contributed by atoms with Crippen molar-refractivity contribution in [1.82, 2.24) is 14.5 Å². The molecular formula is C12H12N6O6. The van der Waals surface area contributed by atoms with E-state index in [9.17, 15) is 25.6 Å². The van der Waals surface area contributed by atoms with Crippen LogP contribution >= 0.6 is 0 Å². The van der Waals surface area contributed by atoms with Gasteiger partial charge in [-0.2, -0.15) is 5.26 Å². The number of fused-ring (bicyclic) bond motifs is 1. The molecule has 0 saturated carbocycles. The van der Waals surface area contributed by atoms with Crippen LogP contribution in [0, 0.1) is 21.4 Å². The van der Waals surface area contributed by atoms with Gasteiger partial charge in [0.05, 0.1) is 10.9 Å². The van der Waals surface area contributed by atoms with Crippen LogP contribution in [-0.4, -0.2) is 54.8 Å². The zero-order valence-electron chi connectivity index (χ0n) is 12.0.